The Morgan fingerprint density at radius 3 is 1.42 bits per heavy atom. The molecule has 3 rings (SSSR count). The van der Waals surface area contributed by atoms with Crippen LogP contribution in [0.3, 0.4) is 0 Å². The molecule has 1 aliphatic heterocycles. The van der Waals surface area contributed by atoms with Crippen molar-refractivity contribution in [1.29, 1.82) is 0 Å². The zero-order chi connectivity index (χ0) is 17.1. The molecule has 0 bridgehead atoms. The van der Waals surface area contributed by atoms with E-state index < -0.39 is 0 Å². The molecule has 1 aliphatic rings. The lowest BCUT2D eigenvalue weighted by molar-refractivity contribution is 0.765. The highest BCUT2D eigenvalue weighted by Crippen LogP contribution is 2.89. The minimum absolute atomic E-state index is 0.00206. The van der Waals surface area contributed by atoms with Gasteiger partial charge < -0.3 is 0 Å². The molecule has 2 aromatic rings. The Labute approximate surface area is 150 Å². The number of benzene rings is 2. The first-order valence-electron chi connectivity index (χ1n) is 9.26. The summed E-state index contributed by atoms with van der Waals surface area (Å²) in [4.78, 5) is 0. The van der Waals surface area contributed by atoms with Crippen LogP contribution in [0, 0.1) is 0 Å². The smallest absolute Gasteiger partial charge is 0.00864 e. The number of rotatable bonds is 5. The fourth-order valence-corrected chi connectivity index (χ4v) is 16.0. The summed E-state index contributed by atoms with van der Waals surface area (Å²) < 4.78 is 0. The van der Waals surface area contributed by atoms with Crippen molar-refractivity contribution in [3.63, 3.8) is 0 Å². The molecule has 24 heavy (non-hydrogen) atoms. The predicted molar refractivity (Wildman–Crippen MR) is 112 cm³/mol. The fraction of sp³-hybridized carbons (Fsp3) is 0.455. The van der Waals surface area contributed by atoms with E-state index in [2.05, 4.69) is 88.4 Å². The van der Waals surface area contributed by atoms with Gasteiger partial charge in [-0.3, -0.25) is 0 Å². The van der Waals surface area contributed by atoms with Crippen molar-refractivity contribution >= 4 is 15.2 Å². The Kier molecular flexibility index (Phi) is 6.12. The monoisotopic (exact) mass is 356 g/mol. The third-order valence-electron chi connectivity index (χ3n) is 5.05. The molecule has 0 radical (unpaired) electrons. The molecule has 2 heteroatoms. The zero-order valence-electron chi connectivity index (χ0n) is 15.4. The van der Waals surface area contributed by atoms with Crippen LogP contribution in [0.15, 0.2) is 60.7 Å². The second-order valence-electron chi connectivity index (χ2n) is 7.38. The second kappa shape index (κ2) is 8.12. The normalized spacial score (nSPS) is 22.0. The van der Waals surface area contributed by atoms with Gasteiger partial charge in [-0.15, -0.1) is 0 Å². The standard InChI is InChI=1S/C22H30P2/c1-17(2)23(18(3)4)24-21(19-11-7-5-8-12-19)15-16-22(24)20-13-9-6-10-14-20/h5-14,17-18,21-22H,15-16H2,1-4H3/t21-,22-/m1/s1. The van der Waals surface area contributed by atoms with Gasteiger partial charge in [-0.2, -0.15) is 0 Å². The predicted octanol–water partition coefficient (Wildman–Crippen LogP) is 7.96. The van der Waals surface area contributed by atoms with Crippen LogP contribution in [0.5, 0.6) is 0 Å². The summed E-state index contributed by atoms with van der Waals surface area (Å²) >= 11 is 0. The minimum Gasteiger partial charge on any atom is -0.0745 e. The van der Waals surface area contributed by atoms with Crippen LogP contribution in [0.25, 0.3) is 0 Å². The molecule has 2 aromatic carbocycles. The molecular weight excluding hydrogens is 326 g/mol. The summed E-state index contributed by atoms with van der Waals surface area (Å²) in [7, 11) is 0.0571. The summed E-state index contributed by atoms with van der Waals surface area (Å²) in [5.41, 5.74) is 6.42. The van der Waals surface area contributed by atoms with Crippen molar-refractivity contribution in [3.05, 3.63) is 71.8 Å². The van der Waals surface area contributed by atoms with Gasteiger partial charge in [0.1, 0.15) is 0 Å². The number of hydrogen-bond acceptors (Lipinski definition) is 0. The first-order chi connectivity index (χ1) is 11.6. The lowest BCUT2D eigenvalue weighted by Gasteiger charge is -2.39. The minimum atomic E-state index is -0.00206. The molecule has 0 aromatic heterocycles. The lowest BCUT2D eigenvalue weighted by Crippen LogP contribution is -2.06. The average molecular weight is 356 g/mol. The van der Waals surface area contributed by atoms with Gasteiger partial charge in [-0.25, -0.2) is 0 Å². The van der Waals surface area contributed by atoms with Gasteiger partial charge in [-0.05, 0) is 35.3 Å². The lowest BCUT2D eigenvalue weighted by atomic mass is 10.0. The Morgan fingerprint density at radius 2 is 1.08 bits per heavy atom. The summed E-state index contributed by atoms with van der Waals surface area (Å²) in [6.07, 6.45) is 2.74. The maximum Gasteiger partial charge on any atom is 0.00864 e. The van der Waals surface area contributed by atoms with Crippen LogP contribution >= 0.6 is 15.2 Å². The molecule has 2 atom stereocenters. The SMILES string of the molecule is CC(C)P(C(C)C)P1[C@@H](c2ccccc2)CC[C@@H]1c1ccccc1. The molecule has 0 N–H and O–H groups in total. The Balaban J connectivity index is 2.01. The van der Waals surface area contributed by atoms with E-state index in [4.69, 9.17) is 0 Å². The average Bonchev–Trinajstić information content (AvgIpc) is 3.00. The van der Waals surface area contributed by atoms with Gasteiger partial charge in [0.25, 0.3) is 0 Å². The van der Waals surface area contributed by atoms with Crippen molar-refractivity contribution in [2.75, 3.05) is 0 Å². The third kappa shape index (κ3) is 3.76. The van der Waals surface area contributed by atoms with E-state index in [0.29, 0.717) is 0 Å². The van der Waals surface area contributed by atoms with E-state index in [9.17, 15) is 0 Å². The van der Waals surface area contributed by atoms with Gasteiger partial charge >= 0.3 is 0 Å². The van der Waals surface area contributed by atoms with Crippen LogP contribution in [0.2, 0.25) is 0 Å². The topological polar surface area (TPSA) is 0 Å². The van der Waals surface area contributed by atoms with E-state index in [-0.39, 0.29) is 15.2 Å². The Bertz CT molecular complexity index is 565. The first-order valence-corrected chi connectivity index (χ1v) is 12.9. The summed E-state index contributed by atoms with van der Waals surface area (Å²) in [5.74, 6) is 0. The van der Waals surface area contributed by atoms with E-state index in [1.54, 1.807) is 11.1 Å². The van der Waals surface area contributed by atoms with Crippen molar-refractivity contribution in [2.24, 2.45) is 0 Å². The molecule has 0 aliphatic carbocycles. The molecule has 1 fully saturated rings. The molecule has 1 heterocycles. The van der Waals surface area contributed by atoms with Gasteiger partial charge in [0.15, 0.2) is 0 Å². The van der Waals surface area contributed by atoms with E-state index in [1.165, 1.54) is 12.8 Å². The first kappa shape index (κ1) is 18.1. The van der Waals surface area contributed by atoms with Crippen molar-refractivity contribution in [3.8, 4) is 0 Å². The zero-order valence-corrected chi connectivity index (χ0v) is 17.2. The van der Waals surface area contributed by atoms with Gasteiger partial charge in [0.2, 0.25) is 0 Å². The van der Waals surface area contributed by atoms with Crippen LogP contribution in [0.4, 0.5) is 0 Å². The van der Waals surface area contributed by atoms with Crippen LogP contribution < -0.4 is 0 Å². The maximum atomic E-state index is 2.47. The van der Waals surface area contributed by atoms with Gasteiger partial charge in [0.05, 0.1) is 0 Å². The van der Waals surface area contributed by atoms with Crippen LogP contribution in [-0.2, 0) is 0 Å². The highest BCUT2D eigenvalue weighted by molar-refractivity contribution is 8.30. The quantitative estimate of drug-likeness (QED) is 0.477. The molecule has 0 spiro atoms. The van der Waals surface area contributed by atoms with Crippen molar-refractivity contribution in [1.82, 2.24) is 0 Å². The van der Waals surface area contributed by atoms with Gasteiger partial charge in [0, 0.05) is 11.3 Å². The molecule has 1 saturated heterocycles. The Morgan fingerprint density at radius 1 is 0.708 bits per heavy atom. The highest BCUT2D eigenvalue weighted by Gasteiger charge is 2.43. The van der Waals surface area contributed by atoms with E-state index in [1.807, 2.05) is 0 Å². The van der Waals surface area contributed by atoms with Crippen molar-refractivity contribution in [2.45, 2.75) is 63.2 Å². The molecule has 128 valence electrons. The van der Waals surface area contributed by atoms with Crippen molar-refractivity contribution < 1.29 is 0 Å². The van der Waals surface area contributed by atoms with Gasteiger partial charge in [-0.1, -0.05) is 104 Å². The third-order valence-corrected chi connectivity index (χ3v) is 16.1. The largest absolute Gasteiger partial charge is 0.0745 e. The molecular formula is C22H30P2. The van der Waals surface area contributed by atoms with Crippen LogP contribution in [-0.4, -0.2) is 11.3 Å². The van der Waals surface area contributed by atoms with E-state index >= 15 is 0 Å². The van der Waals surface area contributed by atoms with E-state index in [0.717, 1.165) is 22.6 Å². The Hall–Kier alpha value is -0.700. The fourth-order valence-electron chi connectivity index (χ4n) is 4.24. The molecule has 0 saturated carbocycles. The second-order valence-corrected chi connectivity index (χ2v) is 15.0. The highest BCUT2D eigenvalue weighted by atomic mass is 32.1. The summed E-state index contributed by atoms with van der Waals surface area (Å²) in [5, 5.41) is 0. The molecule has 0 amide bonds. The summed E-state index contributed by atoms with van der Waals surface area (Å²) in [6, 6.07) is 22.7. The number of hydrogen-bond donors (Lipinski definition) is 0. The molecule has 0 nitrogen and oxygen atoms in total. The summed E-state index contributed by atoms with van der Waals surface area (Å²) in [6.45, 7) is 9.87. The molecule has 0 unspecified atom stereocenters. The van der Waals surface area contributed by atoms with Crippen LogP contribution in [0.1, 0.15) is 63.0 Å². The maximum absolute atomic E-state index is 2.47.